The standard InChI is InChI=1S/C9H14O4/c1-4-11-8(10)9(3)5-12-7(2)13-6-9/h2,4-6H2,1,3H3. The van der Waals surface area contributed by atoms with Gasteiger partial charge in [-0.1, -0.05) is 0 Å². The molecule has 1 rings (SSSR count). The van der Waals surface area contributed by atoms with Gasteiger partial charge in [0.05, 0.1) is 6.61 Å². The number of rotatable bonds is 2. The first kappa shape index (κ1) is 9.89. The van der Waals surface area contributed by atoms with Gasteiger partial charge < -0.3 is 14.2 Å². The van der Waals surface area contributed by atoms with E-state index in [0.29, 0.717) is 6.61 Å². The molecule has 4 heteroatoms. The van der Waals surface area contributed by atoms with Crippen LogP contribution in [-0.2, 0) is 19.0 Å². The molecule has 1 aliphatic heterocycles. The molecule has 1 saturated heterocycles. The Morgan fingerprint density at radius 1 is 1.62 bits per heavy atom. The van der Waals surface area contributed by atoms with Gasteiger partial charge in [0.2, 0.25) is 0 Å². The molecule has 0 saturated carbocycles. The highest BCUT2D eigenvalue weighted by molar-refractivity contribution is 5.76. The number of esters is 1. The van der Waals surface area contributed by atoms with Crippen molar-refractivity contribution in [2.75, 3.05) is 19.8 Å². The third-order valence-electron chi connectivity index (χ3n) is 1.87. The summed E-state index contributed by atoms with van der Waals surface area (Å²) in [5.74, 6) is -0.0238. The van der Waals surface area contributed by atoms with E-state index in [2.05, 4.69) is 6.58 Å². The summed E-state index contributed by atoms with van der Waals surface area (Å²) in [4.78, 5) is 11.4. The molecule has 0 aromatic carbocycles. The van der Waals surface area contributed by atoms with Crippen LogP contribution in [0, 0.1) is 5.41 Å². The molecule has 1 aliphatic rings. The summed E-state index contributed by atoms with van der Waals surface area (Å²) in [5, 5.41) is 0. The Hall–Kier alpha value is -1.19. The monoisotopic (exact) mass is 186 g/mol. The molecule has 0 spiro atoms. The summed E-state index contributed by atoms with van der Waals surface area (Å²) in [5.41, 5.74) is -0.697. The molecule has 13 heavy (non-hydrogen) atoms. The maximum atomic E-state index is 11.4. The molecule has 0 radical (unpaired) electrons. The minimum Gasteiger partial charge on any atom is -0.465 e. The molecule has 0 bridgehead atoms. The van der Waals surface area contributed by atoms with Gasteiger partial charge in [0.15, 0.2) is 0 Å². The van der Waals surface area contributed by atoms with Crippen molar-refractivity contribution in [1.29, 1.82) is 0 Å². The van der Waals surface area contributed by atoms with Crippen LogP contribution in [0.1, 0.15) is 13.8 Å². The van der Waals surface area contributed by atoms with Crippen LogP contribution in [0.15, 0.2) is 12.5 Å². The zero-order valence-corrected chi connectivity index (χ0v) is 7.96. The van der Waals surface area contributed by atoms with Crippen LogP contribution in [0.5, 0.6) is 0 Å². The highest BCUT2D eigenvalue weighted by atomic mass is 16.7. The minimum absolute atomic E-state index is 0.266. The van der Waals surface area contributed by atoms with Crippen molar-refractivity contribution in [1.82, 2.24) is 0 Å². The summed E-state index contributed by atoms with van der Waals surface area (Å²) in [6.07, 6.45) is 0. The fraction of sp³-hybridized carbons (Fsp3) is 0.667. The highest BCUT2D eigenvalue weighted by Crippen LogP contribution is 2.26. The molecule has 0 amide bonds. The molecule has 1 fully saturated rings. The number of carbonyl (C=O) groups is 1. The third-order valence-corrected chi connectivity index (χ3v) is 1.87. The maximum Gasteiger partial charge on any atom is 0.318 e. The highest BCUT2D eigenvalue weighted by Gasteiger charge is 2.40. The Morgan fingerprint density at radius 3 is 2.62 bits per heavy atom. The van der Waals surface area contributed by atoms with E-state index >= 15 is 0 Å². The van der Waals surface area contributed by atoms with E-state index in [-0.39, 0.29) is 25.1 Å². The van der Waals surface area contributed by atoms with Crippen LogP contribution >= 0.6 is 0 Å². The van der Waals surface area contributed by atoms with E-state index in [1.807, 2.05) is 0 Å². The van der Waals surface area contributed by atoms with Gasteiger partial charge in [-0.25, -0.2) is 0 Å². The van der Waals surface area contributed by atoms with Crippen molar-refractivity contribution >= 4 is 5.97 Å². The Kier molecular flexibility index (Phi) is 2.80. The lowest BCUT2D eigenvalue weighted by atomic mass is 9.92. The SMILES string of the molecule is C=C1OCC(C)(C(=O)OCC)CO1. The molecule has 1 heterocycles. The summed E-state index contributed by atoms with van der Waals surface area (Å²) in [7, 11) is 0. The van der Waals surface area contributed by atoms with E-state index in [1.54, 1.807) is 13.8 Å². The molecule has 0 aromatic rings. The molecule has 74 valence electrons. The predicted octanol–water partition coefficient (Wildman–Crippen LogP) is 1.07. The van der Waals surface area contributed by atoms with Gasteiger partial charge >= 0.3 is 5.97 Å². The van der Waals surface area contributed by atoms with Crippen molar-refractivity contribution in [3.8, 4) is 0 Å². The molecular formula is C9H14O4. The summed E-state index contributed by atoms with van der Waals surface area (Å²) < 4.78 is 15.0. The zero-order chi connectivity index (χ0) is 9.90. The molecule has 0 unspecified atom stereocenters. The van der Waals surface area contributed by atoms with E-state index in [4.69, 9.17) is 14.2 Å². The van der Waals surface area contributed by atoms with Crippen LogP contribution in [0.3, 0.4) is 0 Å². The largest absolute Gasteiger partial charge is 0.465 e. The fourth-order valence-electron chi connectivity index (χ4n) is 0.986. The maximum absolute atomic E-state index is 11.4. The first-order valence-electron chi connectivity index (χ1n) is 4.20. The Morgan fingerprint density at radius 2 is 2.15 bits per heavy atom. The van der Waals surface area contributed by atoms with Crippen molar-refractivity contribution < 1.29 is 19.0 Å². The molecule has 0 aromatic heterocycles. The van der Waals surface area contributed by atoms with E-state index in [0.717, 1.165) is 0 Å². The molecule has 0 aliphatic carbocycles. The second-order valence-corrected chi connectivity index (χ2v) is 3.23. The smallest absolute Gasteiger partial charge is 0.318 e. The molecule has 0 atom stereocenters. The van der Waals surface area contributed by atoms with Gasteiger partial charge in [-0.05, 0) is 20.4 Å². The van der Waals surface area contributed by atoms with Crippen LogP contribution in [-0.4, -0.2) is 25.8 Å². The number of carbonyl (C=O) groups excluding carboxylic acids is 1. The van der Waals surface area contributed by atoms with Gasteiger partial charge in [-0.3, -0.25) is 4.79 Å². The minimum atomic E-state index is -0.697. The van der Waals surface area contributed by atoms with E-state index in [9.17, 15) is 4.79 Å². The third kappa shape index (κ3) is 2.14. The Bertz CT molecular complexity index is 212. The van der Waals surface area contributed by atoms with Crippen LogP contribution in [0.2, 0.25) is 0 Å². The average molecular weight is 186 g/mol. The topological polar surface area (TPSA) is 44.8 Å². The second-order valence-electron chi connectivity index (χ2n) is 3.23. The molecular weight excluding hydrogens is 172 g/mol. The quantitative estimate of drug-likeness (QED) is 0.605. The van der Waals surface area contributed by atoms with Crippen molar-refractivity contribution in [2.24, 2.45) is 5.41 Å². The van der Waals surface area contributed by atoms with Gasteiger partial charge in [0.1, 0.15) is 18.6 Å². The number of hydrogen-bond acceptors (Lipinski definition) is 4. The van der Waals surface area contributed by atoms with Gasteiger partial charge in [0, 0.05) is 0 Å². The lowest BCUT2D eigenvalue weighted by Crippen LogP contribution is -2.41. The zero-order valence-electron chi connectivity index (χ0n) is 7.96. The van der Waals surface area contributed by atoms with Crippen LogP contribution in [0.25, 0.3) is 0 Å². The average Bonchev–Trinajstić information content (AvgIpc) is 2.11. The van der Waals surface area contributed by atoms with E-state index in [1.165, 1.54) is 0 Å². The van der Waals surface area contributed by atoms with Crippen LogP contribution in [0.4, 0.5) is 0 Å². The van der Waals surface area contributed by atoms with Crippen molar-refractivity contribution in [3.63, 3.8) is 0 Å². The summed E-state index contributed by atoms with van der Waals surface area (Å²) in [6.45, 7) is 7.91. The Labute approximate surface area is 77.5 Å². The van der Waals surface area contributed by atoms with E-state index < -0.39 is 5.41 Å². The predicted molar refractivity (Wildman–Crippen MR) is 45.8 cm³/mol. The van der Waals surface area contributed by atoms with Crippen molar-refractivity contribution in [3.05, 3.63) is 12.5 Å². The van der Waals surface area contributed by atoms with Gasteiger partial charge in [0.25, 0.3) is 5.95 Å². The normalized spacial score (nSPS) is 20.0. The molecule has 0 N–H and O–H groups in total. The number of ether oxygens (including phenoxy) is 3. The van der Waals surface area contributed by atoms with Gasteiger partial charge in [-0.15, -0.1) is 0 Å². The summed E-state index contributed by atoms with van der Waals surface area (Å²) in [6, 6.07) is 0. The lowest BCUT2D eigenvalue weighted by Gasteiger charge is -2.31. The second kappa shape index (κ2) is 3.68. The number of hydrogen-bond donors (Lipinski definition) is 0. The fourth-order valence-corrected chi connectivity index (χ4v) is 0.986. The van der Waals surface area contributed by atoms with Crippen molar-refractivity contribution in [2.45, 2.75) is 13.8 Å². The summed E-state index contributed by atoms with van der Waals surface area (Å²) >= 11 is 0. The lowest BCUT2D eigenvalue weighted by molar-refractivity contribution is -0.172. The Balaban J connectivity index is 2.56. The first-order valence-corrected chi connectivity index (χ1v) is 4.20. The van der Waals surface area contributed by atoms with Crippen LogP contribution < -0.4 is 0 Å². The van der Waals surface area contributed by atoms with Gasteiger partial charge in [-0.2, -0.15) is 0 Å². The molecule has 4 nitrogen and oxygen atoms in total. The first-order chi connectivity index (χ1) is 6.08.